The summed E-state index contributed by atoms with van der Waals surface area (Å²) >= 11 is 0. The van der Waals surface area contributed by atoms with Crippen LogP contribution < -0.4 is 0 Å². The van der Waals surface area contributed by atoms with Crippen molar-refractivity contribution in [1.29, 1.82) is 0 Å². The lowest BCUT2D eigenvalue weighted by Crippen LogP contribution is -2.27. The summed E-state index contributed by atoms with van der Waals surface area (Å²) in [5.41, 5.74) is 1.38. The summed E-state index contributed by atoms with van der Waals surface area (Å²) in [4.78, 5) is 0. The second-order valence-electron chi connectivity index (χ2n) is 4.71. The molecule has 0 bridgehead atoms. The molecule has 13 heavy (non-hydrogen) atoms. The maximum absolute atomic E-state index is 5.92. The van der Waals surface area contributed by atoms with Crippen molar-refractivity contribution < 1.29 is 9.47 Å². The van der Waals surface area contributed by atoms with E-state index in [9.17, 15) is 0 Å². The van der Waals surface area contributed by atoms with Crippen LogP contribution in [0.2, 0.25) is 0 Å². The van der Waals surface area contributed by atoms with Crippen LogP contribution in [-0.2, 0) is 9.47 Å². The van der Waals surface area contributed by atoms with Gasteiger partial charge in [-0.2, -0.15) is 0 Å². The van der Waals surface area contributed by atoms with Crippen LogP contribution in [0.25, 0.3) is 0 Å². The number of hydrogen-bond donors (Lipinski definition) is 0. The van der Waals surface area contributed by atoms with Gasteiger partial charge in [0.25, 0.3) is 0 Å². The van der Waals surface area contributed by atoms with Crippen LogP contribution in [0.3, 0.4) is 0 Å². The quantitative estimate of drug-likeness (QED) is 0.561. The molecule has 0 aliphatic carbocycles. The van der Waals surface area contributed by atoms with E-state index in [-0.39, 0.29) is 13.7 Å². The fourth-order valence-corrected chi connectivity index (χ4v) is 4.53. The zero-order valence-corrected chi connectivity index (χ0v) is 9.97. The Hall–Kier alpha value is 0.350. The van der Waals surface area contributed by atoms with Gasteiger partial charge in [-0.15, -0.1) is 0 Å². The van der Waals surface area contributed by atoms with Gasteiger partial charge in [-0.3, -0.25) is 0 Å². The summed E-state index contributed by atoms with van der Waals surface area (Å²) in [5, 5.41) is 0. The van der Waals surface area contributed by atoms with Gasteiger partial charge in [0.15, 0.2) is 5.79 Å². The minimum Gasteiger partial charge on any atom is -0.344 e. The van der Waals surface area contributed by atoms with Crippen molar-refractivity contribution in [3.8, 4) is 0 Å². The first-order chi connectivity index (χ1) is 5.92. The van der Waals surface area contributed by atoms with Crippen LogP contribution in [-0.4, -0.2) is 36.0 Å². The molecule has 2 saturated heterocycles. The van der Waals surface area contributed by atoms with E-state index in [1.807, 2.05) is 13.8 Å². The van der Waals surface area contributed by atoms with Gasteiger partial charge in [0, 0.05) is 11.3 Å². The Labute approximate surface area is 81.7 Å². The normalized spacial score (nSPS) is 53.8. The minimum atomic E-state index is -0.353. The van der Waals surface area contributed by atoms with E-state index in [0.717, 1.165) is 0 Å². The zero-order valence-electron chi connectivity index (χ0n) is 9.07. The predicted octanol–water partition coefficient (Wildman–Crippen LogP) is 2.41. The molecule has 76 valence electrons. The van der Waals surface area contributed by atoms with E-state index < -0.39 is 0 Å². The van der Waals surface area contributed by atoms with Gasteiger partial charge in [0.1, 0.15) is 0 Å². The molecule has 0 saturated carbocycles. The summed E-state index contributed by atoms with van der Waals surface area (Å²) in [6.45, 7) is 11.0. The minimum absolute atomic E-state index is 0.0879. The molecule has 2 rings (SSSR count). The van der Waals surface area contributed by atoms with Crippen molar-refractivity contribution in [3.05, 3.63) is 0 Å². The molecule has 0 aromatic carbocycles. The Morgan fingerprint density at radius 3 is 1.77 bits per heavy atom. The molecular formula is C10H19O2P. The molecule has 2 aliphatic heterocycles. The molecular weight excluding hydrogens is 183 g/mol. The highest BCUT2D eigenvalue weighted by Gasteiger charge is 2.53. The largest absolute Gasteiger partial charge is 0.344 e. The van der Waals surface area contributed by atoms with Crippen molar-refractivity contribution in [1.82, 2.24) is 0 Å². The Morgan fingerprint density at radius 1 is 1.00 bits per heavy atom. The third kappa shape index (κ3) is 1.44. The molecule has 2 nitrogen and oxygen atoms in total. The van der Waals surface area contributed by atoms with Crippen molar-refractivity contribution >= 4 is 7.92 Å². The molecule has 0 spiro atoms. The summed E-state index contributed by atoms with van der Waals surface area (Å²) in [6.07, 6.45) is 0.697. The maximum Gasteiger partial charge on any atom is 0.163 e. The van der Waals surface area contributed by atoms with Crippen LogP contribution >= 0.6 is 7.92 Å². The number of ether oxygens (including phenoxy) is 2. The molecule has 2 heterocycles. The Bertz CT molecular complexity index is 197. The second-order valence-corrected chi connectivity index (χ2v) is 7.67. The van der Waals surface area contributed by atoms with Crippen LogP contribution in [0.1, 0.15) is 27.7 Å². The molecule has 2 fully saturated rings. The number of rotatable bonds is 0. The highest BCUT2D eigenvalue weighted by atomic mass is 31.1. The summed E-state index contributed by atoms with van der Waals surface area (Å²) in [6, 6.07) is 0. The number of fused-ring (bicyclic) bond motifs is 1. The zero-order chi connectivity index (χ0) is 9.80. The van der Waals surface area contributed by atoms with Gasteiger partial charge < -0.3 is 9.47 Å². The molecule has 0 aromatic rings. The van der Waals surface area contributed by atoms with Crippen molar-refractivity contribution in [2.24, 2.45) is 0 Å². The average molecular weight is 202 g/mol. The standard InChI is InChI=1S/C10H19O2P/c1-6-8-9(7(2)13(6)5)12-10(3,4)11-8/h6-9H,1-5H3/t6-,7-,8+,9+/m0/s1. The van der Waals surface area contributed by atoms with E-state index in [2.05, 4.69) is 20.5 Å². The molecule has 0 unspecified atom stereocenters. The summed E-state index contributed by atoms with van der Waals surface area (Å²) in [5.74, 6) is -0.353. The van der Waals surface area contributed by atoms with Gasteiger partial charge in [0.05, 0.1) is 12.2 Å². The van der Waals surface area contributed by atoms with Crippen LogP contribution in [0.15, 0.2) is 0 Å². The highest BCUT2D eigenvalue weighted by molar-refractivity contribution is 7.58. The smallest absolute Gasteiger partial charge is 0.163 e. The van der Waals surface area contributed by atoms with Crippen molar-refractivity contribution in [2.45, 2.75) is 57.0 Å². The van der Waals surface area contributed by atoms with Crippen LogP contribution in [0.4, 0.5) is 0 Å². The molecule has 0 aromatic heterocycles. The Balaban J connectivity index is 2.18. The monoisotopic (exact) mass is 202 g/mol. The van der Waals surface area contributed by atoms with Gasteiger partial charge in [-0.1, -0.05) is 21.8 Å². The van der Waals surface area contributed by atoms with Crippen LogP contribution in [0, 0.1) is 0 Å². The van der Waals surface area contributed by atoms with E-state index in [1.165, 1.54) is 0 Å². The summed E-state index contributed by atoms with van der Waals surface area (Å²) < 4.78 is 11.8. The SMILES string of the molecule is C[C@H]1[C@H]2OC(C)(C)O[C@@H]2[C@H](C)P1C. The number of hydrogen-bond acceptors (Lipinski definition) is 2. The predicted molar refractivity (Wildman–Crippen MR) is 55.6 cm³/mol. The topological polar surface area (TPSA) is 18.5 Å². The van der Waals surface area contributed by atoms with Gasteiger partial charge in [-0.05, 0) is 20.5 Å². The first kappa shape index (κ1) is 9.89. The maximum atomic E-state index is 5.92. The van der Waals surface area contributed by atoms with Crippen LogP contribution in [0.5, 0.6) is 0 Å². The van der Waals surface area contributed by atoms with Gasteiger partial charge in [0.2, 0.25) is 0 Å². The fourth-order valence-electron chi connectivity index (χ4n) is 2.40. The Morgan fingerprint density at radius 2 is 1.38 bits per heavy atom. The Kier molecular flexibility index (Phi) is 2.22. The van der Waals surface area contributed by atoms with E-state index in [1.54, 1.807) is 0 Å². The lowest BCUT2D eigenvalue weighted by molar-refractivity contribution is -0.147. The second kappa shape index (κ2) is 2.92. The van der Waals surface area contributed by atoms with E-state index in [0.29, 0.717) is 23.5 Å². The fraction of sp³-hybridized carbons (Fsp3) is 1.00. The highest BCUT2D eigenvalue weighted by Crippen LogP contribution is 2.57. The van der Waals surface area contributed by atoms with E-state index in [4.69, 9.17) is 9.47 Å². The first-order valence-electron chi connectivity index (χ1n) is 5.00. The van der Waals surface area contributed by atoms with Crippen molar-refractivity contribution in [2.75, 3.05) is 6.66 Å². The van der Waals surface area contributed by atoms with E-state index >= 15 is 0 Å². The molecule has 0 N–H and O–H groups in total. The third-order valence-corrected chi connectivity index (χ3v) is 6.56. The molecule has 4 atom stereocenters. The lowest BCUT2D eigenvalue weighted by atomic mass is 10.1. The first-order valence-corrected chi connectivity index (χ1v) is 6.93. The van der Waals surface area contributed by atoms with Gasteiger partial charge >= 0.3 is 0 Å². The molecule has 2 aliphatic rings. The molecule has 3 heteroatoms. The average Bonchev–Trinajstić information content (AvgIpc) is 2.44. The van der Waals surface area contributed by atoms with Crippen molar-refractivity contribution in [3.63, 3.8) is 0 Å². The van der Waals surface area contributed by atoms with Gasteiger partial charge in [-0.25, -0.2) is 0 Å². The molecule has 0 amide bonds. The lowest BCUT2D eigenvalue weighted by Gasteiger charge is -2.25. The summed E-state index contributed by atoms with van der Waals surface area (Å²) in [7, 11) is 0.0879. The molecule has 0 radical (unpaired) electrons. The third-order valence-electron chi connectivity index (χ3n) is 3.40.